The molecule has 0 unspecified atom stereocenters. The Labute approximate surface area is 329 Å². The molecule has 0 saturated carbocycles. The highest BCUT2D eigenvalue weighted by Crippen LogP contribution is 2.44. The Morgan fingerprint density at radius 2 is 0.842 bits per heavy atom. The first-order valence-electron chi connectivity index (χ1n) is 18.5. The number of benzene rings is 8. The first kappa shape index (κ1) is 35.4. The van der Waals surface area contributed by atoms with Crippen molar-refractivity contribution in [2.24, 2.45) is 0 Å². The Balaban J connectivity index is 1.10. The van der Waals surface area contributed by atoms with Gasteiger partial charge in [-0.3, -0.25) is 0 Å². The van der Waals surface area contributed by atoms with Gasteiger partial charge in [0.1, 0.15) is 5.82 Å². The van der Waals surface area contributed by atoms with E-state index in [0.29, 0.717) is 28.6 Å². The van der Waals surface area contributed by atoms with Gasteiger partial charge in [-0.05, 0) is 87.6 Å². The van der Waals surface area contributed by atoms with Crippen LogP contribution >= 0.6 is 7.14 Å². The Hall–Kier alpha value is -7.32. The van der Waals surface area contributed by atoms with E-state index in [4.69, 9.17) is 15.0 Å². The highest BCUT2D eigenvalue weighted by molar-refractivity contribution is 7.85. The van der Waals surface area contributed by atoms with Crippen LogP contribution in [0.3, 0.4) is 0 Å². The summed E-state index contributed by atoms with van der Waals surface area (Å²) < 4.78 is 29.0. The Kier molecular flexibility index (Phi) is 9.36. The predicted molar refractivity (Wildman–Crippen MR) is 229 cm³/mol. The number of rotatable bonds is 8. The van der Waals surface area contributed by atoms with Gasteiger partial charge in [0.15, 0.2) is 24.6 Å². The Morgan fingerprint density at radius 1 is 0.421 bits per heavy atom. The van der Waals surface area contributed by atoms with Crippen LogP contribution in [0.4, 0.5) is 4.39 Å². The van der Waals surface area contributed by atoms with Crippen LogP contribution in [0.1, 0.15) is 5.56 Å². The zero-order chi connectivity index (χ0) is 38.8. The minimum atomic E-state index is -3.16. The molecule has 0 atom stereocenters. The second kappa shape index (κ2) is 15.1. The molecule has 0 aliphatic carbocycles. The van der Waals surface area contributed by atoms with Gasteiger partial charge >= 0.3 is 0 Å². The molecular weight excluding hydrogens is 723 g/mol. The number of hydrogen-bond donors (Lipinski definition) is 0. The molecular formula is C50H32FN4OP. The first-order chi connectivity index (χ1) is 28.0. The van der Waals surface area contributed by atoms with Gasteiger partial charge in [0.25, 0.3) is 0 Å². The summed E-state index contributed by atoms with van der Waals surface area (Å²) >= 11 is 0. The van der Waals surface area contributed by atoms with E-state index in [1.165, 1.54) is 12.1 Å². The maximum atomic E-state index is 15.2. The zero-order valence-corrected chi connectivity index (χ0v) is 31.4. The number of nitrogens with zero attached hydrogens (tertiary/aromatic N) is 4. The molecule has 1 heterocycles. The van der Waals surface area contributed by atoms with Crippen molar-refractivity contribution in [3.63, 3.8) is 0 Å². The number of nitriles is 1. The van der Waals surface area contributed by atoms with Gasteiger partial charge in [0, 0.05) is 32.6 Å². The van der Waals surface area contributed by atoms with Crippen LogP contribution in [0.25, 0.3) is 67.2 Å². The average Bonchev–Trinajstić information content (AvgIpc) is 3.29. The molecule has 5 nitrogen and oxygen atoms in total. The van der Waals surface area contributed by atoms with E-state index in [0.717, 1.165) is 60.1 Å². The van der Waals surface area contributed by atoms with Crippen molar-refractivity contribution in [2.45, 2.75) is 0 Å². The second-order valence-corrected chi connectivity index (χ2v) is 16.4. The Morgan fingerprint density at radius 3 is 1.35 bits per heavy atom. The molecule has 0 bridgehead atoms. The number of fused-ring (bicyclic) bond motifs is 1. The summed E-state index contributed by atoms with van der Waals surface area (Å²) in [5.41, 5.74) is 6.85. The lowest BCUT2D eigenvalue weighted by molar-refractivity contribution is 0.592. The lowest BCUT2D eigenvalue weighted by Crippen LogP contribution is -2.25. The van der Waals surface area contributed by atoms with E-state index in [9.17, 15) is 9.65 Å². The summed E-state index contributed by atoms with van der Waals surface area (Å²) in [6, 6.07) is 63.7. The van der Waals surface area contributed by atoms with E-state index in [1.807, 2.05) is 109 Å². The van der Waals surface area contributed by atoms with E-state index in [-0.39, 0.29) is 5.82 Å². The van der Waals surface area contributed by atoms with E-state index < -0.39 is 7.14 Å². The highest BCUT2D eigenvalue weighted by Gasteiger charge is 2.30. The molecule has 0 fully saturated rings. The van der Waals surface area contributed by atoms with Crippen molar-refractivity contribution in [1.82, 2.24) is 15.0 Å². The Bertz CT molecular complexity index is 2940. The monoisotopic (exact) mass is 754 g/mol. The molecule has 8 aromatic carbocycles. The summed E-state index contributed by atoms with van der Waals surface area (Å²) in [6.07, 6.45) is 0. The summed E-state index contributed by atoms with van der Waals surface area (Å²) in [7, 11) is -3.16. The molecule has 7 heteroatoms. The largest absolute Gasteiger partial charge is 0.309 e. The fourth-order valence-electron chi connectivity index (χ4n) is 7.25. The van der Waals surface area contributed by atoms with Gasteiger partial charge < -0.3 is 4.57 Å². The van der Waals surface area contributed by atoms with E-state index >= 15 is 4.57 Å². The van der Waals surface area contributed by atoms with Gasteiger partial charge in [-0.15, -0.1) is 0 Å². The smallest absolute Gasteiger partial charge is 0.171 e. The van der Waals surface area contributed by atoms with Gasteiger partial charge in [0.05, 0.1) is 11.6 Å². The topological polar surface area (TPSA) is 79.5 Å². The lowest BCUT2D eigenvalue weighted by Gasteiger charge is -2.21. The maximum absolute atomic E-state index is 15.2. The van der Waals surface area contributed by atoms with Crippen LogP contribution in [-0.4, -0.2) is 15.0 Å². The van der Waals surface area contributed by atoms with Crippen LogP contribution in [0.5, 0.6) is 0 Å². The predicted octanol–water partition coefficient (Wildman–Crippen LogP) is 11.0. The minimum absolute atomic E-state index is 0.345. The highest BCUT2D eigenvalue weighted by atomic mass is 31.2. The second-order valence-electron chi connectivity index (χ2n) is 13.6. The third-order valence-electron chi connectivity index (χ3n) is 10.1. The van der Waals surface area contributed by atoms with Crippen LogP contribution in [0, 0.1) is 17.1 Å². The molecule has 0 spiro atoms. The van der Waals surface area contributed by atoms with Gasteiger partial charge in [-0.25, -0.2) is 19.3 Å². The maximum Gasteiger partial charge on any atom is 0.171 e. The molecule has 0 radical (unpaired) electrons. The normalized spacial score (nSPS) is 11.3. The molecule has 270 valence electrons. The molecule has 9 aromatic rings. The van der Waals surface area contributed by atoms with E-state index in [2.05, 4.69) is 54.6 Å². The number of halogens is 1. The third kappa shape index (κ3) is 6.82. The van der Waals surface area contributed by atoms with Gasteiger partial charge in [0.2, 0.25) is 0 Å². The average molecular weight is 755 g/mol. The molecule has 0 amide bonds. The standard InChI is InChI=1S/C50H32FN4OP/c51-40-28-26-38(27-29-40)50-54-48(36-20-18-34(33-52)19-21-36)53-49(55-50)37-24-22-35(23-25-37)44-30-31-45(47-17-8-7-16-46(44)47)39-10-9-15-43(32-39)57(56,41-11-3-1-4-12-41)42-13-5-2-6-14-42/h1-32H. The van der Waals surface area contributed by atoms with Crippen molar-refractivity contribution >= 4 is 33.8 Å². The quantitative estimate of drug-likeness (QED) is 0.144. The van der Waals surface area contributed by atoms with Crippen LogP contribution < -0.4 is 15.9 Å². The molecule has 57 heavy (non-hydrogen) atoms. The minimum Gasteiger partial charge on any atom is -0.309 e. The zero-order valence-electron chi connectivity index (χ0n) is 30.5. The summed E-state index contributed by atoms with van der Waals surface area (Å²) in [5.74, 6) is 0.987. The van der Waals surface area contributed by atoms with Gasteiger partial charge in [-0.1, -0.05) is 140 Å². The SMILES string of the molecule is N#Cc1ccc(-c2nc(-c3ccc(F)cc3)nc(-c3ccc(-c4ccc(-c5cccc(P(=O)(c6ccccc6)c6ccccc6)c5)c5ccccc45)cc3)n2)cc1. The first-order valence-corrected chi connectivity index (χ1v) is 20.2. The molecule has 1 aromatic heterocycles. The fraction of sp³-hybridized carbons (Fsp3) is 0. The van der Waals surface area contributed by atoms with Gasteiger partial charge in [-0.2, -0.15) is 5.26 Å². The summed E-state index contributed by atoms with van der Waals surface area (Å²) in [6.45, 7) is 0. The van der Waals surface area contributed by atoms with Crippen LogP contribution in [0.2, 0.25) is 0 Å². The molecule has 0 aliphatic heterocycles. The summed E-state index contributed by atoms with van der Waals surface area (Å²) in [4.78, 5) is 14.4. The molecule has 0 saturated heterocycles. The van der Waals surface area contributed by atoms with Crippen molar-refractivity contribution < 1.29 is 8.96 Å². The van der Waals surface area contributed by atoms with Crippen molar-refractivity contribution in [2.75, 3.05) is 0 Å². The summed E-state index contributed by atoms with van der Waals surface area (Å²) in [5, 5.41) is 13.9. The van der Waals surface area contributed by atoms with E-state index in [1.54, 1.807) is 24.3 Å². The fourth-order valence-corrected chi connectivity index (χ4v) is 9.95. The molecule has 0 N–H and O–H groups in total. The number of aromatic nitrogens is 3. The van der Waals surface area contributed by atoms with Crippen LogP contribution in [-0.2, 0) is 4.57 Å². The van der Waals surface area contributed by atoms with Crippen molar-refractivity contribution in [1.29, 1.82) is 5.26 Å². The van der Waals surface area contributed by atoms with Crippen molar-refractivity contribution in [3.8, 4) is 62.5 Å². The molecule has 9 rings (SSSR count). The lowest BCUT2D eigenvalue weighted by atomic mass is 9.92. The number of hydrogen-bond acceptors (Lipinski definition) is 5. The molecule has 0 aliphatic rings. The van der Waals surface area contributed by atoms with Crippen LogP contribution in [0.15, 0.2) is 194 Å². The van der Waals surface area contributed by atoms with Crippen molar-refractivity contribution in [3.05, 3.63) is 206 Å². The third-order valence-corrected chi connectivity index (χ3v) is 13.2.